The Kier molecular flexibility index (Phi) is 6.42. The first-order valence-corrected chi connectivity index (χ1v) is 11.5. The molecule has 0 spiro atoms. The number of hydrogen-bond donors (Lipinski definition) is 1. The lowest BCUT2D eigenvalue weighted by Gasteiger charge is -2.29. The van der Waals surface area contributed by atoms with Crippen molar-refractivity contribution in [3.63, 3.8) is 0 Å². The smallest absolute Gasteiger partial charge is 0.118 e. The maximum absolute atomic E-state index is 9.40. The Hall–Kier alpha value is -2.44. The van der Waals surface area contributed by atoms with Crippen molar-refractivity contribution in [2.45, 2.75) is 12.5 Å². The summed E-state index contributed by atoms with van der Waals surface area (Å²) in [6.07, 6.45) is -1.96. The molecule has 1 N–H and O–H groups in total. The molecule has 0 saturated carbocycles. The van der Waals surface area contributed by atoms with Crippen LogP contribution >= 0.6 is 6.19 Å². The molecule has 3 aromatic rings. The van der Waals surface area contributed by atoms with Crippen molar-refractivity contribution in [2.75, 3.05) is 7.11 Å². The third-order valence-corrected chi connectivity index (χ3v) is 8.70. The van der Waals surface area contributed by atoms with Crippen molar-refractivity contribution in [3.8, 4) is 11.8 Å². The zero-order valence-electron chi connectivity index (χ0n) is 15.1. The molecule has 3 rings (SSSR count). The molecule has 5 heteroatoms. The lowest BCUT2D eigenvalue weighted by molar-refractivity contribution is 0.414. The van der Waals surface area contributed by atoms with E-state index in [0.717, 1.165) is 21.9 Å². The van der Waals surface area contributed by atoms with Gasteiger partial charge in [-0.3, -0.25) is 5.09 Å². The normalized spacial score (nSPS) is 12.1. The molecule has 3 aromatic carbocycles. The van der Waals surface area contributed by atoms with E-state index in [-0.39, 0.29) is 6.04 Å². The van der Waals surface area contributed by atoms with Gasteiger partial charge in [0.25, 0.3) is 0 Å². The van der Waals surface area contributed by atoms with Crippen molar-refractivity contribution >= 4 is 28.6 Å². The van der Waals surface area contributed by atoms with E-state index >= 15 is 0 Å². The van der Waals surface area contributed by atoms with Gasteiger partial charge >= 0.3 is 0 Å². The summed E-state index contributed by atoms with van der Waals surface area (Å²) in [7, 11) is 1.64. The minimum Gasteiger partial charge on any atom is -0.497 e. The summed E-state index contributed by atoms with van der Waals surface area (Å²) in [5, 5.41) is 15.3. The predicted molar refractivity (Wildman–Crippen MR) is 116 cm³/mol. The van der Waals surface area contributed by atoms with E-state index in [4.69, 9.17) is 16.5 Å². The fourth-order valence-corrected chi connectivity index (χ4v) is 6.53. The molecule has 0 aromatic heterocycles. The van der Waals surface area contributed by atoms with Crippen LogP contribution in [0.1, 0.15) is 18.0 Å². The Morgan fingerprint density at radius 1 is 0.926 bits per heavy atom. The zero-order valence-corrected chi connectivity index (χ0v) is 16.8. The predicted octanol–water partition coefficient (Wildman–Crippen LogP) is 4.29. The molecule has 0 radical (unpaired) electrons. The van der Waals surface area contributed by atoms with Gasteiger partial charge in [0.15, 0.2) is 0 Å². The van der Waals surface area contributed by atoms with E-state index in [2.05, 4.69) is 35.4 Å². The van der Waals surface area contributed by atoms with Crippen LogP contribution in [0, 0.1) is 11.3 Å². The Balaban J connectivity index is 2.03. The van der Waals surface area contributed by atoms with Crippen molar-refractivity contribution in [3.05, 3.63) is 90.5 Å². The molecule has 0 bridgehead atoms. The van der Waals surface area contributed by atoms with Gasteiger partial charge in [0.2, 0.25) is 0 Å². The van der Waals surface area contributed by atoms with Gasteiger partial charge in [0.1, 0.15) is 5.75 Å². The standard InChI is InChI=1S/C22H21N2OPS/c1-25-19-14-12-18(13-15-19)22(16-17-23)24-26(27,20-8-4-2-5-9-20)21-10-6-3-7-11-21/h2-15,22H,16H2,1H3,(H,24,27)/t22-/m0/s1. The molecule has 0 unspecified atom stereocenters. The highest BCUT2D eigenvalue weighted by Crippen LogP contribution is 2.42. The summed E-state index contributed by atoms with van der Waals surface area (Å²) in [5.74, 6) is 0.792. The van der Waals surface area contributed by atoms with E-state index in [9.17, 15) is 5.26 Å². The topological polar surface area (TPSA) is 45.0 Å². The van der Waals surface area contributed by atoms with Crippen LogP contribution in [-0.4, -0.2) is 7.11 Å². The average Bonchev–Trinajstić information content (AvgIpc) is 2.74. The van der Waals surface area contributed by atoms with E-state index < -0.39 is 6.19 Å². The van der Waals surface area contributed by atoms with E-state index in [1.807, 2.05) is 60.7 Å². The molecular weight excluding hydrogens is 371 g/mol. The number of rotatable bonds is 7. The molecule has 0 aliphatic rings. The second-order valence-electron chi connectivity index (χ2n) is 6.10. The number of nitrogens with one attached hydrogen (secondary N) is 1. The molecule has 136 valence electrons. The number of benzene rings is 3. The van der Waals surface area contributed by atoms with Crippen LogP contribution in [0.25, 0.3) is 0 Å². The maximum Gasteiger partial charge on any atom is 0.118 e. The lowest BCUT2D eigenvalue weighted by Crippen LogP contribution is -2.30. The van der Waals surface area contributed by atoms with Gasteiger partial charge in [0.05, 0.1) is 25.8 Å². The average molecular weight is 392 g/mol. The van der Waals surface area contributed by atoms with Crippen LogP contribution in [0.4, 0.5) is 0 Å². The summed E-state index contributed by atoms with van der Waals surface area (Å²) in [6.45, 7) is 0. The number of ether oxygens (including phenoxy) is 1. The maximum atomic E-state index is 9.40. The number of nitrogens with zero attached hydrogens (tertiary/aromatic N) is 1. The second-order valence-corrected chi connectivity index (χ2v) is 10.3. The van der Waals surface area contributed by atoms with Crippen LogP contribution in [0.5, 0.6) is 5.75 Å². The van der Waals surface area contributed by atoms with Crippen LogP contribution in [-0.2, 0) is 11.8 Å². The van der Waals surface area contributed by atoms with E-state index in [1.54, 1.807) is 7.11 Å². The molecule has 0 saturated heterocycles. The molecule has 0 amide bonds. The van der Waals surface area contributed by atoms with Gasteiger partial charge in [-0.05, 0) is 17.7 Å². The minimum absolute atomic E-state index is 0.160. The molecule has 3 nitrogen and oxygen atoms in total. The molecule has 0 fully saturated rings. The molecule has 1 atom stereocenters. The third-order valence-electron chi connectivity index (χ3n) is 4.39. The van der Waals surface area contributed by atoms with Gasteiger partial charge in [-0.1, -0.05) is 84.6 Å². The Morgan fingerprint density at radius 2 is 1.44 bits per heavy atom. The van der Waals surface area contributed by atoms with Crippen molar-refractivity contribution in [1.82, 2.24) is 5.09 Å². The largest absolute Gasteiger partial charge is 0.497 e. The highest BCUT2D eigenvalue weighted by Gasteiger charge is 2.26. The first kappa shape index (κ1) is 19.3. The third kappa shape index (κ3) is 4.46. The highest BCUT2D eigenvalue weighted by atomic mass is 32.4. The van der Waals surface area contributed by atoms with Gasteiger partial charge in [-0.2, -0.15) is 5.26 Å². The van der Waals surface area contributed by atoms with E-state index in [1.165, 1.54) is 0 Å². The zero-order chi connectivity index (χ0) is 19.1. The summed E-state index contributed by atoms with van der Waals surface area (Å²) in [4.78, 5) is 0. The van der Waals surface area contributed by atoms with Crippen LogP contribution < -0.4 is 20.4 Å². The van der Waals surface area contributed by atoms with Gasteiger partial charge in [-0.25, -0.2) is 0 Å². The second kappa shape index (κ2) is 8.97. The van der Waals surface area contributed by atoms with Gasteiger partial charge in [0, 0.05) is 16.7 Å². The van der Waals surface area contributed by atoms with Crippen molar-refractivity contribution in [1.29, 1.82) is 5.26 Å². The highest BCUT2D eigenvalue weighted by molar-refractivity contribution is 8.20. The fourth-order valence-electron chi connectivity index (χ4n) is 2.96. The summed E-state index contributed by atoms with van der Waals surface area (Å²) >= 11 is 6.24. The van der Waals surface area contributed by atoms with Crippen LogP contribution in [0.2, 0.25) is 0 Å². The van der Waals surface area contributed by atoms with Gasteiger partial charge < -0.3 is 4.74 Å². The van der Waals surface area contributed by atoms with Crippen molar-refractivity contribution < 1.29 is 4.74 Å². The molecule has 0 heterocycles. The summed E-state index contributed by atoms with van der Waals surface area (Å²) < 4.78 is 5.25. The van der Waals surface area contributed by atoms with Crippen LogP contribution in [0.15, 0.2) is 84.9 Å². The first-order valence-electron chi connectivity index (χ1n) is 8.67. The number of methoxy groups -OCH3 is 1. The minimum atomic E-state index is -2.29. The summed E-state index contributed by atoms with van der Waals surface area (Å²) in [5.41, 5.74) is 1.03. The molecule has 0 aliphatic heterocycles. The lowest BCUT2D eigenvalue weighted by atomic mass is 10.1. The van der Waals surface area contributed by atoms with Gasteiger partial charge in [-0.15, -0.1) is 0 Å². The fraction of sp³-hybridized carbons (Fsp3) is 0.136. The van der Waals surface area contributed by atoms with Crippen LogP contribution in [0.3, 0.4) is 0 Å². The summed E-state index contributed by atoms with van der Waals surface area (Å²) in [6, 6.07) is 30.2. The number of nitriles is 1. The first-order chi connectivity index (χ1) is 13.2. The molecule has 0 aliphatic carbocycles. The quantitative estimate of drug-likeness (QED) is 0.610. The SMILES string of the molecule is COc1ccc([C@H](CC#N)NP(=S)(c2ccccc2)c2ccccc2)cc1. The van der Waals surface area contributed by atoms with Crippen molar-refractivity contribution in [2.24, 2.45) is 0 Å². The Morgan fingerprint density at radius 3 is 1.89 bits per heavy atom. The van der Waals surface area contributed by atoms with E-state index in [0.29, 0.717) is 6.42 Å². The number of hydrogen-bond acceptors (Lipinski definition) is 3. The molecular formula is C22H21N2OPS. The Labute approximate surface area is 165 Å². The Bertz CT molecular complexity index is 910. The molecule has 27 heavy (non-hydrogen) atoms. The monoisotopic (exact) mass is 392 g/mol.